The number of aromatic nitrogens is 1. The molecule has 1 unspecified atom stereocenters. The van der Waals surface area contributed by atoms with E-state index in [9.17, 15) is 0 Å². The summed E-state index contributed by atoms with van der Waals surface area (Å²) in [5.41, 5.74) is 1.49. The molecular weight excluding hydrogens is 298 g/mol. The van der Waals surface area contributed by atoms with Crippen molar-refractivity contribution in [2.24, 2.45) is 5.41 Å². The molecule has 2 fully saturated rings. The average molecular weight is 325 g/mol. The van der Waals surface area contributed by atoms with E-state index in [0.29, 0.717) is 0 Å². The molecule has 1 aromatic rings. The summed E-state index contributed by atoms with van der Waals surface area (Å²) in [6.45, 7) is 11.0. The number of thiazole rings is 1. The molecule has 2 aliphatic rings. The van der Waals surface area contributed by atoms with Gasteiger partial charge in [-0.1, -0.05) is 0 Å². The molecule has 0 bridgehead atoms. The van der Waals surface area contributed by atoms with E-state index in [4.69, 9.17) is 9.47 Å². The average Bonchev–Trinajstić information content (AvgIpc) is 3.02. The van der Waals surface area contributed by atoms with Crippen LogP contribution >= 0.6 is 11.3 Å². The van der Waals surface area contributed by atoms with Crippen molar-refractivity contribution in [1.82, 2.24) is 14.8 Å². The first-order valence-electron chi connectivity index (χ1n) is 8.12. The minimum atomic E-state index is 0.287. The van der Waals surface area contributed by atoms with Crippen molar-refractivity contribution >= 4 is 11.3 Å². The van der Waals surface area contributed by atoms with Crippen LogP contribution < -0.4 is 0 Å². The van der Waals surface area contributed by atoms with Gasteiger partial charge in [0, 0.05) is 50.6 Å². The van der Waals surface area contributed by atoms with Crippen molar-refractivity contribution < 1.29 is 9.47 Å². The van der Waals surface area contributed by atoms with E-state index in [1.165, 1.54) is 12.1 Å². The predicted molar refractivity (Wildman–Crippen MR) is 88.3 cm³/mol. The molecule has 3 heterocycles. The number of ether oxygens (including phenoxy) is 2. The van der Waals surface area contributed by atoms with Gasteiger partial charge in [0.1, 0.15) is 0 Å². The van der Waals surface area contributed by atoms with Crippen LogP contribution in [0.25, 0.3) is 0 Å². The molecule has 0 aliphatic carbocycles. The number of hydrogen-bond donors (Lipinski definition) is 0. The van der Waals surface area contributed by atoms with Gasteiger partial charge in [-0.3, -0.25) is 4.90 Å². The summed E-state index contributed by atoms with van der Waals surface area (Å²) in [4.78, 5) is 9.66. The second-order valence-electron chi connectivity index (χ2n) is 6.64. The Morgan fingerprint density at radius 2 is 2.23 bits per heavy atom. The Kier molecular flexibility index (Phi) is 5.46. The van der Waals surface area contributed by atoms with E-state index < -0.39 is 0 Å². The summed E-state index contributed by atoms with van der Waals surface area (Å²) in [5, 5.41) is 3.34. The minimum absolute atomic E-state index is 0.287. The maximum atomic E-state index is 5.94. The molecule has 2 saturated heterocycles. The van der Waals surface area contributed by atoms with E-state index in [-0.39, 0.29) is 5.41 Å². The van der Waals surface area contributed by atoms with E-state index in [1.807, 2.05) is 0 Å². The summed E-state index contributed by atoms with van der Waals surface area (Å²) in [6, 6.07) is 0. The fourth-order valence-corrected chi connectivity index (χ4v) is 4.22. The molecule has 2 aliphatic heterocycles. The molecule has 0 N–H and O–H groups in total. The molecule has 124 valence electrons. The molecule has 3 rings (SSSR count). The topological polar surface area (TPSA) is 37.8 Å². The van der Waals surface area contributed by atoms with Crippen molar-refractivity contribution in [1.29, 1.82) is 0 Å². The molecule has 1 spiro atoms. The quantitative estimate of drug-likeness (QED) is 0.822. The second kappa shape index (κ2) is 7.36. The maximum Gasteiger partial charge on any atom is 0.0897 e. The van der Waals surface area contributed by atoms with Crippen LogP contribution in [-0.4, -0.2) is 74.4 Å². The molecule has 1 atom stereocenters. The molecule has 22 heavy (non-hydrogen) atoms. The van der Waals surface area contributed by atoms with Crippen LogP contribution in [-0.2, 0) is 16.0 Å². The maximum absolute atomic E-state index is 5.94. The van der Waals surface area contributed by atoms with Crippen LogP contribution in [0.15, 0.2) is 5.38 Å². The van der Waals surface area contributed by atoms with Crippen LogP contribution in [0.5, 0.6) is 0 Å². The Balaban J connectivity index is 1.60. The van der Waals surface area contributed by atoms with Gasteiger partial charge in [0.2, 0.25) is 0 Å². The molecule has 5 nitrogen and oxygen atoms in total. The summed E-state index contributed by atoms with van der Waals surface area (Å²) in [6.07, 6.45) is 1.23. The highest BCUT2D eigenvalue weighted by Crippen LogP contribution is 2.33. The minimum Gasteiger partial charge on any atom is -0.383 e. The standard InChI is InChI=1S/C16H27N3O2S/c1-14-17-15(10-22-14)9-19-6-8-21-13-16(12-19)3-4-18(11-16)5-7-20-2/h10H,3-9,11-13H2,1-2H3. The van der Waals surface area contributed by atoms with Gasteiger partial charge in [-0.05, 0) is 19.9 Å². The van der Waals surface area contributed by atoms with Crippen LogP contribution in [0.4, 0.5) is 0 Å². The number of methoxy groups -OCH3 is 1. The highest BCUT2D eigenvalue weighted by Gasteiger charge is 2.40. The number of likely N-dealkylation sites (tertiary alicyclic amines) is 1. The molecule has 6 heteroatoms. The van der Waals surface area contributed by atoms with E-state index in [0.717, 1.165) is 64.1 Å². The lowest BCUT2D eigenvalue weighted by Crippen LogP contribution is -2.40. The van der Waals surface area contributed by atoms with Crippen molar-refractivity contribution in [2.45, 2.75) is 19.9 Å². The number of rotatable bonds is 5. The van der Waals surface area contributed by atoms with Gasteiger partial charge in [-0.2, -0.15) is 0 Å². The van der Waals surface area contributed by atoms with Gasteiger partial charge >= 0.3 is 0 Å². The van der Waals surface area contributed by atoms with Gasteiger partial charge in [0.05, 0.1) is 30.5 Å². The summed E-state index contributed by atoms with van der Waals surface area (Å²) in [5.74, 6) is 0. The lowest BCUT2D eigenvalue weighted by Gasteiger charge is -2.31. The van der Waals surface area contributed by atoms with Gasteiger partial charge < -0.3 is 14.4 Å². The largest absolute Gasteiger partial charge is 0.383 e. The zero-order valence-corrected chi connectivity index (χ0v) is 14.5. The van der Waals surface area contributed by atoms with Gasteiger partial charge in [0.25, 0.3) is 0 Å². The molecule has 0 radical (unpaired) electrons. The first kappa shape index (κ1) is 16.3. The molecule has 1 aromatic heterocycles. The van der Waals surface area contributed by atoms with Gasteiger partial charge in [0.15, 0.2) is 0 Å². The number of hydrogen-bond acceptors (Lipinski definition) is 6. The fraction of sp³-hybridized carbons (Fsp3) is 0.812. The molecule has 0 amide bonds. The van der Waals surface area contributed by atoms with Crippen LogP contribution in [0.2, 0.25) is 0 Å². The Labute approximate surface area is 137 Å². The van der Waals surface area contributed by atoms with Crippen molar-refractivity contribution in [2.75, 3.05) is 59.7 Å². The van der Waals surface area contributed by atoms with Crippen molar-refractivity contribution in [3.05, 3.63) is 16.1 Å². The highest BCUT2D eigenvalue weighted by molar-refractivity contribution is 7.09. The van der Waals surface area contributed by atoms with E-state index in [1.54, 1.807) is 18.4 Å². The lowest BCUT2D eigenvalue weighted by molar-refractivity contribution is 0.0682. The van der Waals surface area contributed by atoms with Gasteiger partial charge in [-0.25, -0.2) is 4.98 Å². The van der Waals surface area contributed by atoms with E-state index in [2.05, 4.69) is 27.1 Å². The molecule has 0 saturated carbocycles. The van der Waals surface area contributed by atoms with Crippen LogP contribution in [0, 0.1) is 12.3 Å². The first-order chi connectivity index (χ1) is 10.7. The highest BCUT2D eigenvalue weighted by atomic mass is 32.1. The monoisotopic (exact) mass is 325 g/mol. The Bertz CT molecular complexity index is 482. The first-order valence-corrected chi connectivity index (χ1v) is 8.99. The smallest absolute Gasteiger partial charge is 0.0897 e. The zero-order valence-electron chi connectivity index (χ0n) is 13.7. The third kappa shape index (κ3) is 4.06. The summed E-state index contributed by atoms with van der Waals surface area (Å²) >= 11 is 1.74. The Hall–Kier alpha value is -0.530. The van der Waals surface area contributed by atoms with Crippen LogP contribution in [0.1, 0.15) is 17.1 Å². The third-order valence-electron chi connectivity index (χ3n) is 4.70. The number of aryl methyl sites for hydroxylation is 1. The molecular formula is C16H27N3O2S. The summed E-state index contributed by atoms with van der Waals surface area (Å²) < 4.78 is 11.2. The SMILES string of the molecule is COCCN1CCC2(COCCN(Cc3csc(C)n3)C2)C1. The van der Waals surface area contributed by atoms with Crippen LogP contribution in [0.3, 0.4) is 0 Å². The number of nitrogens with zero attached hydrogens (tertiary/aromatic N) is 3. The lowest BCUT2D eigenvalue weighted by atomic mass is 9.87. The summed E-state index contributed by atoms with van der Waals surface area (Å²) in [7, 11) is 1.78. The third-order valence-corrected chi connectivity index (χ3v) is 5.52. The van der Waals surface area contributed by atoms with Crippen molar-refractivity contribution in [3.63, 3.8) is 0 Å². The van der Waals surface area contributed by atoms with Gasteiger partial charge in [-0.15, -0.1) is 11.3 Å². The normalized spacial score (nSPS) is 27.5. The zero-order chi connectivity index (χ0) is 15.4. The fourth-order valence-electron chi connectivity index (χ4n) is 3.61. The Morgan fingerprint density at radius 3 is 3.00 bits per heavy atom. The molecule has 0 aromatic carbocycles. The van der Waals surface area contributed by atoms with Crippen molar-refractivity contribution in [3.8, 4) is 0 Å². The van der Waals surface area contributed by atoms with E-state index >= 15 is 0 Å². The Morgan fingerprint density at radius 1 is 1.36 bits per heavy atom. The second-order valence-corrected chi connectivity index (χ2v) is 7.70. The predicted octanol–water partition coefficient (Wildman–Crippen LogP) is 1.62.